The van der Waals surface area contributed by atoms with Crippen LogP contribution in [-0.4, -0.2) is 36.8 Å². The molecule has 1 aromatic heterocycles. The number of nitrogens with one attached hydrogen (secondary N) is 4. The predicted octanol–water partition coefficient (Wildman–Crippen LogP) is 4.62. The molecule has 9 heteroatoms. The monoisotopic (exact) mass is 422 g/mol. The zero-order valence-electron chi connectivity index (χ0n) is 17.9. The molecule has 4 N–H and O–H groups in total. The molecule has 9 nitrogen and oxygen atoms in total. The molecule has 0 fully saturated rings. The van der Waals surface area contributed by atoms with Crippen molar-refractivity contribution in [3.8, 4) is 11.5 Å². The summed E-state index contributed by atoms with van der Waals surface area (Å²) >= 11 is 0. The van der Waals surface area contributed by atoms with Crippen molar-refractivity contribution < 1.29 is 14.3 Å². The molecule has 0 unspecified atom stereocenters. The SMILES string of the molecule is CCNc1nc(C)cc(Nc2ccc(NC(=O)Nc3cc(OC)cc(OC)c3)cc2)n1. The number of anilines is 5. The van der Waals surface area contributed by atoms with Crippen LogP contribution in [0.5, 0.6) is 11.5 Å². The summed E-state index contributed by atoms with van der Waals surface area (Å²) in [5.74, 6) is 2.44. The Labute approximate surface area is 181 Å². The molecule has 2 aromatic carbocycles. The highest BCUT2D eigenvalue weighted by molar-refractivity contribution is 6.00. The van der Waals surface area contributed by atoms with Crippen LogP contribution in [0.1, 0.15) is 12.6 Å². The van der Waals surface area contributed by atoms with Gasteiger partial charge in [-0.15, -0.1) is 0 Å². The average Bonchev–Trinajstić information content (AvgIpc) is 2.74. The molecule has 2 amide bonds. The highest BCUT2D eigenvalue weighted by atomic mass is 16.5. The van der Waals surface area contributed by atoms with E-state index in [1.165, 1.54) is 0 Å². The van der Waals surface area contributed by atoms with Crippen LogP contribution in [0.4, 0.5) is 33.6 Å². The molecular formula is C22H26N6O3. The van der Waals surface area contributed by atoms with Crippen molar-refractivity contribution >= 4 is 34.9 Å². The van der Waals surface area contributed by atoms with E-state index in [1.807, 2.05) is 32.0 Å². The van der Waals surface area contributed by atoms with E-state index in [-0.39, 0.29) is 6.03 Å². The topological polar surface area (TPSA) is 109 Å². The maximum atomic E-state index is 12.4. The lowest BCUT2D eigenvalue weighted by Crippen LogP contribution is -2.19. The van der Waals surface area contributed by atoms with Gasteiger partial charge in [-0.3, -0.25) is 0 Å². The second-order valence-corrected chi connectivity index (χ2v) is 6.63. The van der Waals surface area contributed by atoms with Crippen LogP contribution in [0.15, 0.2) is 48.5 Å². The number of amides is 2. The highest BCUT2D eigenvalue weighted by Crippen LogP contribution is 2.26. The van der Waals surface area contributed by atoms with Crippen molar-refractivity contribution in [2.75, 3.05) is 42.0 Å². The lowest BCUT2D eigenvalue weighted by atomic mass is 10.2. The fraction of sp³-hybridized carbons (Fsp3) is 0.227. The fourth-order valence-electron chi connectivity index (χ4n) is 2.83. The molecule has 0 radical (unpaired) electrons. The number of urea groups is 1. The van der Waals surface area contributed by atoms with E-state index in [1.54, 1.807) is 44.6 Å². The first kappa shape index (κ1) is 21.7. The van der Waals surface area contributed by atoms with Crippen LogP contribution in [0, 0.1) is 6.92 Å². The molecule has 0 bridgehead atoms. The minimum atomic E-state index is -0.377. The van der Waals surface area contributed by atoms with Gasteiger partial charge >= 0.3 is 6.03 Å². The van der Waals surface area contributed by atoms with Crippen molar-refractivity contribution in [1.29, 1.82) is 0 Å². The van der Waals surface area contributed by atoms with Crippen molar-refractivity contribution in [2.24, 2.45) is 0 Å². The number of rotatable bonds is 8. The van der Waals surface area contributed by atoms with Crippen molar-refractivity contribution in [2.45, 2.75) is 13.8 Å². The summed E-state index contributed by atoms with van der Waals surface area (Å²) in [6.45, 7) is 4.65. The van der Waals surface area contributed by atoms with E-state index in [9.17, 15) is 4.79 Å². The Kier molecular flexibility index (Phi) is 7.10. The number of benzene rings is 2. The predicted molar refractivity (Wildman–Crippen MR) is 123 cm³/mol. The maximum absolute atomic E-state index is 12.4. The summed E-state index contributed by atoms with van der Waals surface area (Å²) in [5, 5.41) is 11.9. The molecule has 3 aromatic rings. The van der Waals surface area contributed by atoms with Gasteiger partial charge in [0.25, 0.3) is 0 Å². The number of ether oxygens (including phenoxy) is 2. The zero-order valence-corrected chi connectivity index (χ0v) is 17.9. The summed E-state index contributed by atoms with van der Waals surface area (Å²) in [5.41, 5.74) is 2.90. The number of methoxy groups -OCH3 is 2. The maximum Gasteiger partial charge on any atom is 0.323 e. The van der Waals surface area contributed by atoms with E-state index in [0.717, 1.165) is 17.9 Å². The molecule has 0 atom stereocenters. The molecular weight excluding hydrogens is 396 g/mol. The third kappa shape index (κ3) is 6.23. The van der Waals surface area contributed by atoms with Gasteiger partial charge in [0.2, 0.25) is 5.95 Å². The average molecular weight is 422 g/mol. The van der Waals surface area contributed by atoms with Crippen LogP contribution in [-0.2, 0) is 0 Å². The second kappa shape index (κ2) is 10.1. The van der Waals surface area contributed by atoms with Crippen LogP contribution in [0.3, 0.4) is 0 Å². The van der Waals surface area contributed by atoms with Crippen molar-refractivity contribution in [1.82, 2.24) is 9.97 Å². The quantitative estimate of drug-likeness (QED) is 0.419. The summed E-state index contributed by atoms with van der Waals surface area (Å²) in [4.78, 5) is 21.1. The summed E-state index contributed by atoms with van der Waals surface area (Å²) < 4.78 is 10.4. The van der Waals surface area contributed by atoms with E-state index in [2.05, 4.69) is 31.2 Å². The number of carbonyl (C=O) groups is 1. The first-order valence-corrected chi connectivity index (χ1v) is 9.76. The van der Waals surface area contributed by atoms with Crippen LogP contribution >= 0.6 is 0 Å². The largest absolute Gasteiger partial charge is 0.497 e. The first-order chi connectivity index (χ1) is 15.0. The van der Waals surface area contributed by atoms with Crippen LogP contribution in [0.2, 0.25) is 0 Å². The second-order valence-electron chi connectivity index (χ2n) is 6.63. The normalized spacial score (nSPS) is 10.2. The van der Waals surface area contributed by atoms with Gasteiger partial charge < -0.3 is 30.7 Å². The van der Waals surface area contributed by atoms with Crippen molar-refractivity contribution in [3.05, 3.63) is 54.2 Å². The smallest absolute Gasteiger partial charge is 0.323 e. The first-order valence-electron chi connectivity index (χ1n) is 9.76. The fourth-order valence-corrected chi connectivity index (χ4v) is 2.83. The Balaban J connectivity index is 1.62. The minimum Gasteiger partial charge on any atom is -0.497 e. The third-order valence-electron chi connectivity index (χ3n) is 4.21. The molecule has 0 spiro atoms. The standard InChI is InChI=1S/C22H26N6O3/c1-5-23-21-24-14(2)10-20(28-21)25-15-6-8-16(9-7-15)26-22(29)27-17-11-18(30-3)13-19(12-17)31-4/h6-13H,5H2,1-4H3,(H2,26,27,29)(H2,23,24,25,28). The van der Waals surface area contributed by atoms with Gasteiger partial charge in [0.1, 0.15) is 17.3 Å². The molecule has 0 aliphatic carbocycles. The Hall–Kier alpha value is -4.01. The molecule has 0 aliphatic heterocycles. The Morgan fingerprint density at radius 1 is 0.871 bits per heavy atom. The number of hydrogen-bond donors (Lipinski definition) is 4. The van der Waals surface area contributed by atoms with E-state index < -0.39 is 0 Å². The molecule has 0 saturated heterocycles. The molecule has 0 saturated carbocycles. The van der Waals surface area contributed by atoms with Crippen molar-refractivity contribution in [3.63, 3.8) is 0 Å². The number of nitrogens with zero attached hydrogens (tertiary/aromatic N) is 2. The molecule has 3 rings (SSSR count). The zero-order chi connectivity index (χ0) is 22.2. The van der Waals surface area contributed by atoms with E-state index in [0.29, 0.717) is 34.6 Å². The van der Waals surface area contributed by atoms with Crippen LogP contribution in [0.25, 0.3) is 0 Å². The third-order valence-corrected chi connectivity index (χ3v) is 4.21. The van der Waals surface area contributed by atoms with Gasteiger partial charge in [-0.25, -0.2) is 9.78 Å². The van der Waals surface area contributed by atoms with Gasteiger partial charge in [0, 0.05) is 53.6 Å². The van der Waals surface area contributed by atoms with Gasteiger partial charge in [-0.05, 0) is 38.1 Å². The van der Waals surface area contributed by atoms with Gasteiger partial charge in [0.05, 0.1) is 14.2 Å². The lowest BCUT2D eigenvalue weighted by molar-refractivity contribution is 0.262. The van der Waals surface area contributed by atoms with E-state index >= 15 is 0 Å². The minimum absolute atomic E-state index is 0.377. The Morgan fingerprint density at radius 3 is 2.10 bits per heavy atom. The Morgan fingerprint density at radius 2 is 1.48 bits per heavy atom. The summed E-state index contributed by atoms with van der Waals surface area (Å²) in [7, 11) is 3.11. The summed E-state index contributed by atoms with van der Waals surface area (Å²) in [6, 6.07) is 13.9. The number of aromatic nitrogens is 2. The van der Waals surface area contributed by atoms with Gasteiger partial charge in [-0.1, -0.05) is 0 Å². The molecule has 31 heavy (non-hydrogen) atoms. The van der Waals surface area contributed by atoms with E-state index in [4.69, 9.17) is 9.47 Å². The molecule has 1 heterocycles. The van der Waals surface area contributed by atoms with Gasteiger partial charge in [-0.2, -0.15) is 4.98 Å². The number of carbonyl (C=O) groups excluding carboxylic acids is 1. The summed E-state index contributed by atoms with van der Waals surface area (Å²) in [6.07, 6.45) is 0. The number of hydrogen-bond acceptors (Lipinski definition) is 7. The lowest BCUT2D eigenvalue weighted by Gasteiger charge is -2.12. The molecule has 162 valence electrons. The highest BCUT2D eigenvalue weighted by Gasteiger charge is 2.07. The Bertz CT molecular complexity index is 1020. The van der Waals surface area contributed by atoms with Crippen LogP contribution < -0.4 is 30.7 Å². The number of aryl methyl sites for hydroxylation is 1. The molecule has 0 aliphatic rings. The van der Waals surface area contributed by atoms with Gasteiger partial charge in [0.15, 0.2) is 0 Å².